The number of rotatable bonds is 4. The highest BCUT2D eigenvalue weighted by Gasteiger charge is 2.36. The van der Waals surface area contributed by atoms with Crippen molar-refractivity contribution in [2.75, 3.05) is 6.54 Å². The lowest BCUT2D eigenvalue weighted by atomic mass is 10.0. The summed E-state index contributed by atoms with van der Waals surface area (Å²) in [5, 5.41) is 9.87. The van der Waals surface area contributed by atoms with Gasteiger partial charge in [0.15, 0.2) is 0 Å². The number of furan rings is 1. The molecule has 122 valence electrons. The van der Waals surface area contributed by atoms with Crippen molar-refractivity contribution in [3.63, 3.8) is 0 Å². The molecule has 1 aromatic carbocycles. The molecule has 4 nitrogen and oxygen atoms in total. The van der Waals surface area contributed by atoms with Gasteiger partial charge < -0.3 is 14.4 Å². The third kappa shape index (κ3) is 3.42. The summed E-state index contributed by atoms with van der Waals surface area (Å²) in [5.41, 5.74) is 1.00. The van der Waals surface area contributed by atoms with Gasteiger partial charge >= 0.3 is 0 Å². The van der Waals surface area contributed by atoms with Crippen LogP contribution in [-0.2, 0) is 11.2 Å². The Morgan fingerprint density at radius 3 is 2.91 bits per heavy atom. The Labute approximate surface area is 132 Å². The van der Waals surface area contributed by atoms with E-state index in [0.29, 0.717) is 6.42 Å². The van der Waals surface area contributed by atoms with Crippen LogP contribution in [0.25, 0.3) is 0 Å². The molecule has 0 spiro atoms. The lowest BCUT2D eigenvalue weighted by Crippen LogP contribution is -2.32. The van der Waals surface area contributed by atoms with Gasteiger partial charge in [0.1, 0.15) is 11.6 Å². The second-order valence-electron chi connectivity index (χ2n) is 5.75. The maximum Gasteiger partial charge on any atom is 0.223 e. The van der Waals surface area contributed by atoms with Crippen LogP contribution in [0.15, 0.2) is 41.2 Å². The molecule has 2 atom stereocenters. The fourth-order valence-electron chi connectivity index (χ4n) is 2.98. The first-order chi connectivity index (χ1) is 11.0. The Balaban J connectivity index is 1.76. The Morgan fingerprint density at radius 1 is 1.35 bits per heavy atom. The molecule has 0 bridgehead atoms. The molecule has 1 saturated heterocycles. The summed E-state index contributed by atoms with van der Waals surface area (Å²) < 4.78 is 32.4. The largest absolute Gasteiger partial charge is 0.472 e. The van der Waals surface area contributed by atoms with E-state index in [1.54, 1.807) is 12.3 Å². The summed E-state index contributed by atoms with van der Waals surface area (Å²) in [5.74, 6) is -1.33. The second-order valence-corrected chi connectivity index (χ2v) is 5.75. The zero-order valence-corrected chi connectivity index (χ0v) is 12.4. The first-order valence-electron chi connectivity index (χ1n) is 7.48. The highest BCUT2D eigenvalue weighted by atomic mass is 19.1. The molecular formula is C17H17F2NO3. The van der Waals surface area contributed by atoms with E-state index < -0.39 is 23.8 Å². The minimum Gasteiger partial charge on any atom is -0.472 e. The summed E-state index contributed by atoms with van der Waals surface area (Å²) in [7, 11) is 0. The summed E-state index contributed by atoms with van der Waals surface area (Å²) in [6.07, 6.45) is 3.29. The zero-order chi connectivity index (χ0) is 16.4. The first kappa shape index (κ1) is 15.7. The molecule has 1 aromatic heterocycles. The average molecular weight is 321 g/mol. The molecule has 0 unspecified atom stereocenters. The molecule has 3 rings (SSSR count). The number of aryl methyl sites for hydroxylation is 1. The third-order valence-electron chi connectivity index (χ3n) is 4.12. The molecule has 0 saturated carbocycles. The van der Waals surface area contributed by atoms with E-state index in [1.165, 1.54) is 11.2 Å². The number of halogens is 2. The van der Waals surface area contributed by atoms with Crippen molar-refractivity contribution < 1.29 is 23.1 Å². The van der Waals surface area contributed by atoms with Crippen molar-refractivity contribution in [1.29, 1.82) is 0 Å². The van der Waals surface area contributed by atoms with Gasteiger partial charge in [-0.25, -0.2) is 8.78 Å². The van der Waals surface area contributed by atoms with Crippen LogP contribution in [0.5, 0.6) is 0 Å². The van der Waals surface area contributed by atoms with E-state index in [0.717, 1.165) is 23.8 Å². The maximum atomic E-state index is 14.0. The molecule has 2 aromatic rings. The quantitative estimate of drug-likeness (QED) is 0.942. The van der Waals surface area contributed by atoms with Crippen molar-refractivity contribution >= 4 is 5.91 Å². The normalized spacial score (nSPS) is 20.9. The molecule has 1 amide bonds. The first-order valence-corrected chi connectivity index (χ1v) is 7.48. The summed E-state index contributed by atoms with van der Waals surface area (Å²) >= 11 is 0. The van der Waals surface area contributed by atoms with Gasteiger partial charge in [-0.1, -0.05) is 0 Å². The van der Waals surface area contributed by atoms with E-state index in [9.17, 15) is 18.7 Å². The van der Waals surface area contributed by atoms with Crippen LogP contribution in [0.2, 0.25) is 0 Å². The van der Waals surface area contributed by atoms with Gasteiger partial charge in [-0.2, -0.15) is 0 Å². The van der Waals surface area contributed by atoms with Gasteiger partial charge in [0.25, 0.3) is 0 Å². The predicted molar refractivity (Wildman–Crippen MR) is 78.5 cm³/mol. The molecule has 6 heteroatoms. The van der Waals surface area contributed by atoms with E-state index in [4.69, 9.17) is 4.42 Å². The van der Waals surface area contributed by atoms with Gasteiger partial charge in [0, 0.05) is 18.5 Å². The Bertz CT molecular complexity index is 687. The smallest absolute Gasteiger partial charge is 0.223 e. The number of likely N-dealkylation sites (tertiary alicyclic amines) is 1. The van der Waals surface area contributed by atoms with E-state index >= 15 is 0 Å². The van der Waals surface area contributed by atoms with Crippen LogP contribution in [-0.4, -0.2) is 28.6 Å². The molecule has 2 heterocycles. The lowest BCUT2D eigenvalue weighted by molar-refractivity contribution is -0.132. The van der Waals surface area contributed by atoms with E-state index in [1.807, 2.05) is 0 Å². The highest BCUT2D eigenvalue weighted by molar-refractivity contribution is 5.77. The molecule has 1 aliphatic rings. The number of benzene rings is 1. The maximum absolute atomic E-state index is 14.0. The number of hydrogen-bond donors (Lipinski definition) is 1. The molecule has 1 N–H and O–H groups in total. The number of aliphatic hydroxyl groups is 1. The molecule has 23 heavy (non-hydrogen) atoms. The Morgan fingerprint density at radius 2 is 2.17 bits per heavy atom. The SMILES string of the molecule is O=C(CCc1ccoc1)N1C[C@@H](O)C[C@@H]1c1cc(F)ccc1F. The number of nitrogens with zero attached hydrogens (tertiary/aromatic N) is 1. The lowest BCUT2D eigenvalue weighted by Gasteiger charge is -2.25. The van der Waals surface area contributed by atoms with Crippen LogP contribution in [0.4, 0.5) is 8.78 Å². The van der Waals surface area contributed by atoms with Crippen molar-refractivity contribution in [1.82, 2.24) is 4.90 Å². The minimum absolute atomic E-state index is 0.109. The van der Waals surface area contributed by atoms with Crippen LogP contribution >= 0.6 is 0 Å². The van der Waals surface area contributed by atoms with Gasteiger partial charge in [-0.3, -0.25) is 4.79 Å². The number of aliphatic hydroxyl groups excluding tert-OH is 1. The van der Waals surface area contributed by atoms with Crippen LogP contribution < -0.4 is 0 Å². The van der Waals surface area contributed by atoms with Gasteiger partial charge in [0.2, 0.25) is 5.91 Å². The predicted octanol–water partition coefficient (Wildman–Crippen LogP) is 2.82. The standard InChI is InChI=1S/C17H17F2NO3/c18-12-2-3-15(19)14(7-12)16-8-13(21)9-20(16)17(22)4-1-11-5-6-23-10-11/h2-3,5-7,10,13,16,21H,1,4,8-9H2/t13-,16+/m0/s1. The van der Waals surface area contributed by atoms with Crippen molar-refractivity contribution in [2.45, 2.75) is 31.4 Å². The fourth-order valence-corrected chi connectivity index (χ4v) is 2.98. The molecule has 1 fully saturated rings. The molecule has 0 aliphatic carbocycles. The molecular weight excluding hydrogens is 304 g/mol. The fraction of sp³-hybridized carbons (Fsp3) is 0.353. The van der Waals surface area contributed by atoms with Gasteiger partial charge in [0.05, 0.1) is 24.7 Å². The number of hydrogen-bond acceptors (Lipinski definition) is 3. The Hall–Kier alpha value is -2.21. The number of carbonyl (C=O) groups is 1. The monoisotopic (exact) mass is 321 g/mol. The number of amides is 1. The highest BCUT2D eigenvalue weighted by Crippen LogP contribution is 2.34. The summed E-state index contributed by atoms with van der Waals surface area (Å²) in [6, 6.07) is 4.31. The van der Waals surface area contributed by atoms with Gasteiger partial charge in [-0.15, -0.1) is 0 Å². The van der Waals surface area contributed by atoms with Gasteiger partial charge in [-0.05, 0) is 42.7 Å². The van der Waals surface area contributed by atoms with Crippen LogP contribution in [0.1, 0.15) is 30.0 Å². The van der Waals surface area contributed by atoms with Crippen molar-refractivity contribution in [2.24, 2.45) is 0 Å². The third-order valence-corrected chi connectivity index (χ3v) is 4.12. The van der Waals surface area contributed by atoms with E-state index in [-0.39, 0.29) is 30.9 Å². The van der Waals surface area contributed by atoms with E-state index in [2.05, 4.69) is 0 Å². The second kappa shape index (κ2) is 6.50. The zero-order valence-electron chi connectivity index (χ0n) is 12.4. The average Bonchev–Trinajstić information content (AvgIpc) is 3.16. The van der Waals surface area contributed by atoms with Crippen LogP contribution in [0, 0.1) is 11.6 Å². The number of β-amino-alcohol motifs (C(OH)–C–C–N with tert-alkyl or cyclic N) is 1. The number of carbonyl (C=O) groups excluding carboxylic acids is 1. The topological polar surface area (TPSA) is 53.7 Å². The van der Waals surface area contributed by atoms with Crippen molar-refractivity contribution in [3.8, 4) is 0 Å². The van der Waals surface area contributed by atoms with Crippen molar-refractivity contribution in [3.05, 3.63) is 59.6 Å². The molecule has 1 aliphatic heterocycles. The minimum atomic E-state index is -0.736. The Kier molecular flexibility index (Phi) is 4.43. The molecule has 0 radical (unpaired) electrons. The summed E-state index contributed by atoms with van der Waals surface area (Å²) in [6.45, 7) is 0.130. The van der Waals surface area contributed by atoms with Crippen LogP contribution in [0.3, 0.4) is 0 Å². The summed E-state index contributed by atoms with van der Waals surface area (Å²) in [4.78, 5) is 13.9.